The molecule has 0 unspecified atom stereocenters. The molecule has 114 valence electrons. The first-order chi connectivity index (χ1) is 10.4. The van der Waals surface area contributed by atoms with Crippen LogP contribution in [0.4, 0.5) is 10.1 Å². The van der Waals surface area contributed by atoms with Crippen LogP contribution in [0.25, 0.3) is 16.6 Å². The lowest BCUT2D eigenvalue weighted by atomic mass is 10.1. The number of aromatic nitrogens is 2. The number of fused-ring (bicyclic) bond motifs is 1. The number of hydrogen-bond acceptors (Lipinski definition) is 3. The molecule has 2 aromatic carbocycles. The molecule has 3 rings (SSSR count). The van der Waals surface area contributed by atoms with Gasteiger partial charge in [-0.05, 0) is 50.2 Å². The Bertz CT molecular complexity index is 785. The third-order valence-corrected chi connectivity index (χ3v) is 3.42. The van der Waals surface area contributed by atoms with E-state index in [1.54, 1.807) is 16.8 Å². The van der Waals surface area contributed by atoms with Crippen LogP contribution < -0.4 is 11.1 Å². The highest BCUT2D eigenvalue weighted by molar-refractivity contribution is 5.92. The van der Waals surface area contributed by atoms with Crippen LogP contribution in [-0.2, 0) is 0 Å². The van der Waals surface area contributed by atoms with E-state index in [1.165, 1.54) is 12.1 Å². The lowest BCUT2D eigenvalue weighted by molar-refractivity contribution is 0.549. The lowest BCUT2D eigenvalue weighted by Crippen LogP contribution is -2.39. The smallest absolute Gasteiger partial charge is 0.123 e. The summed E-state index contributed by atoms with van der Waals surface area (Å²) in [7, 11) is 0. The molecule has 1 aromatic heterocycles. The summed E-state index contributed by atoms with van der Waals surface area (Å²) in [5.74, 6) is -0.257. The van der Waals surface area contributed by atoms with Gasteiger partial charge in [-0.3, -0.25) is 0 Å². The number of nitrogens with zero attached hydrogens (tertiary/aromatic N) is 2. The molecular formula is C17H19FN4. The SMILES string of the molecule is CC(C)(N)CNc1cccc2c1cnn2-c1ccc(F)cc1. The first kappa shape index (κ1) is 14.5. The molecule has 0 saturated carbocycles. The molecule has 4 nitrogen and oxygen atoms in total. The van der Waals surface area contributed by atoms with Gasteiger partial charge in [0.05, 0.1) is 17.4 Å². The summed E-state index contributed by atoms with van der Waals surface area (Å²) in [4.78, 5) is 0. The van der Waals surface area contributed by atoms with E-state index in [9.17, 15) is 4.39 Å². The minimum atomic E-state index is -0.297. The summed E-state index contributed by atoms with van der Waals surface area (Å²) in [6.45, 7) is 4.61. The quantitative estimate of drug-likeness (QED) is 0.777. The molecule has 0 spiro atoms. The fraction of sp³-hybridized carbons (Fsp3) is 0.235. The van der Waals surface area contributed by atoms with Gasteiger partial charge >= 0.3 is 0 Å². The largest absolute Gasteiger partial charge is 0.383 e. The second kappa shape index (κ2) is 5.42. The van der Waals surface area contributed by atoms with E-state index in [-0.39, 0.29) is 11.4 Å². The van der Waals surface area contributed by atoms with Gasteiger partial charge in [0, 0.05) is 23.2 Å². The van der Waals surface area contributed by atoms with E-state index in [0.29, 0.717) is 6.54 Å². The van der Waals surface area contributed by atoms with Crippen molar-refractivity contribution in [2.24, 2.45) is 5.73 Å². The first-order valence-electron chi connectivity index (χ1n) is 7.19. The Morgan fingerprint density at radius 1 is 1.18 bits per heavy atom. The van der Waals surface area contributed by atoms with Crippen LogP contribution in [0.1, 0.15) is 13.8 Å². The van der Waals surface area contributed by atoms with Crippen LogP contribution >= 0.6 is 0 Å². The Morgan fingerprint density at radius 3 is 2.59 bits per heavy atom. The van der Waals surface area contributed by atoms with E-state index < -0.39 is 0 Å². The maximum Gasteiger partial charge on any atom is 0.123 e. The summed E-state index contributed by atoms with van der Waals surface area (Å²) in [5.41, 5.74) is 8.50. The lowest BCUT2D eigenvalue weighted by Gasteiger charge is -2.20. The maximum atomic E-state index is 13.1. The van der Waals surface area contributed by atoms with Crippen molar-refractivity contribution in [1.82, 2.24) is 9.78 Å². The summed E-state index contributed by atoms with van der Waals surface area (Å²) < 4.78 is 14.9. The van der Waals surface area contributed by atoms with Crippen LogP contribution in [0.5, 0.6) is 0 Å². The van der Waals surface area contributed by atoms with Crippen molar-refractivity contribution in [2.45, 2.75) is 19.4 Å². The number of anilines is 1. The third-order valence-electron chi connectivity index (χ3n) is 3.42. The van der Waals surface area contributed by atoms with Gasteiger partial charge in [-0.25, -0.2) is 9.07 Å². The Morgan fingerprint density at radius 2 is 1.91 bits per heavy atom. The van der Waals surface area contributed by atoms with E-state index in [0.717, 1.165) is 22.3 Å². The predicted molar refractivity (Wildman–Crippen MR) is 87.8 cm³/mol. The van der Waals surface area contributed by atoms with Crippen molar-refractivity contribution in [3.05, 3.63) is 54.5 Å². The monoisotopic (exact) mass is 298 g/mol. The fourth-order valence-corrected chi connectivity index (χ4v) is 2.32. The van der Waals surface area contributed by atoms with Gasteiger partial charge in [0.1, 0.15) is 5.82 Å². The molecular weight excluding hydrogens is 279 g/mol. The minimum Gasteiger partial charge on any atom is -0.383 e. The van der Waals surface area contributed by atoms with Crippen molar-refractivity contribution in [3.63, 3.8) is 0 Å². The molecule has 0 aliphatic rings. The highest BCUT2D eigenvalue weighted by Gasteiger charge is 2.12. The van der Waals surface area contributed by atoms with Crippen molar-refractivity contribution in [1.29, 1.82) is 0 Å². The topological polar surface area (TPSA) is 55.9 Å². The molecule has 3 aromatic rings. The molecule has 0 fully saturated rings. The molecule has 0 aliphatic carbocycles. The Kier molecular flexibility index (Phi) is 3.58. The van der Waals surface area contributed by atoms with Gasteiger partial charge in [-0.15, -0.1) is 0 Å². The Hall–Kier alpha value is -2.40. The normalized spacial score (nSPS) is 11.8. The van der Waals surface area contributed by atoms with Gasteiger partial charge < -0.3 is 11.1 Å². The molecule has 0 radical (unpaired) electrons. The molecule has 0 amide bonds. The van der Waals surface area contributed by atoms with E-state index in [2.05, 4.69) is 10.4 Å². The minimum absolute atomic E-state index is 0.257. The van der Waals surface area contributed by atoms with E-state index in [4.69, 9.17) is 5.73 Å². The highest BCUT2D eigenvalue weighted by Crippen LogP contribution is 2.25. The number of hydrogen-bond donors (Lipinski definition) is 2. The average molecular weight is 298 g/mol. The molecule has 0 saturated heterocycles. The number of halogens is 1. The summed E-state index contributed by atoms with van der Waals surface area (Å²) in [5, 5.41) is 8.80. The van der Waals surface area contributed by atoms with Crippen molar-refractivity contribution >= 4 is 16.6 Å². The number of rotatable bonds is 4. The maximum absolute atomic E-state index is 13.1. The molecule has 5 heteroatoms. The Balaban J connectivity index is 2.00. The van der Waals surface area contributed by atoms with E-state index in [1.807, 2.05) is 38.2 Å². The van der Waals surface area contributed by atoms with Crippen LogP contribution in [0, 0.1) is 5.82 Å². The fourth-order valence-electron chi connectivity index (χ4n) is 2.32. The number of nitrogens with one attached hydrogen (secondary N) is 1. The van der Waals surface area contributed by atoms with Crippen molar-refractivity contribution < 1.29 is 4.39 Å². The summed E-state index contributed by atoms with van der Waals surface area (Å²) in [6.07, 6.45) is 1.81. The molecule has 1 heterocycles. The van der Waals surface area contributed by atoms with Crippen LogP contribution in [0.15, 0.2) is 48.7 Å². The van der Waals surface area contributed by atoms with Gasteiger partial charge in [0.25, 0.3) is 0 Å². The molecule has 3 N–H and O–H groups in total. The number of nitrogens with two attached hydrogens (primary N) is 1. The Labute approximate surface area is 128 Å². The highest BCUT2D eigenvalue weighted by atomic mass is 19.1. The first-order valence-corrected chi connectivity index (χ1v) is 7.19. The zero-order valence-electron chi connectivity index (χ0n) is 12.7. The van der Waals surface area contributed by atoms with Crippen LogP contribution in [-0.4, -0.2) is 21.9 Å². The van der Waals surface area contributed by atoms with Crippen molar-refractivity contribution in [3.8, 4) is 5.69 Å². The second-order valence-corrected chi connectivity index (χ2v) is 6.11. The van der Waals surface area contributed by atoms with E-state index >= 15 is 0 Å². The summed E-state index contributed by atoms with van der Waals surface area (Å²) in [6, 6.07) is 12.3. The third kappa shape index (κ3) is 2.94. The molecule has 0 atom stereocenters. The second-order valence-electron chi connectivity index (χ2n) is 6.11. The van der Waals surface area contributed by atoms with Crippen molar-refractivity contribution in [2.75, 3.05) is 11.9 Å². The predicted octanol–water partition coefficient (Wildman–Crippen LogP) is 3.31. The van der Waals surface area contributed by atoms with Crippen LogP contribution in [0.2, 0.25) is 0 Å². The molecule has 0 aliphatic heterocycles. The summed E-state index contributed by atoms with van der Waals surface area (Å²) >= 11 is 0. The molecule has 0 bridgehead atoms. The van der Waals surface area contributed by atoms with Gasteiger partial charge in [0.2, 0.25) is 0 Å². The average Bonchev–Trinajstić information content (AvgIpc) is 2.89. The molecule has 22 heavy (non-hydrogen) atoms. The van der Waals surface area contributed by atoms with Gasteiger partial charge in [0.15, 0.2) is 0 Å². The van der Waals surface area contributed by atoms with Gasteiger partial charge in [-0.1, -0.05) is 6.07 Å². The van der Waals surface area contributed by atoms with Gasteiger partial charge in [-0.2, -0.15) is 5.10 Å². The zero-order chi connectivity index (χ0) is 15.7. The zero-order valence-corrected chi connectivity index (χ0v) is 12.7. The van der Waals surface area contributed by atoms with Crippen LogP contribution in [0.3, 0.4) is 0 Å². The number of benzene rings is 2. The standard InChI is InChI=1S/C17H19FN4/c1-17(2,19)11-20-15-4-3-5-16-14(15)10-21-22(16)13-8-6-12(18)7-9-13/h3-10,20H,11,19H2,1-2H3.